The molecule has 1 aliphatic rings. The number of hydrogen-bond donors (Lipinski definition) is 1. The van der Waals surface area contributed by atoms with Crippen molar-refractivity contribution in [2.24, 2.45) is 0 Å². The van der Waals surface area contributed by atoms with Gasteiger partial charge in [0, 0.05) is 13.0 Å². The molecule has 0 aliphatic carbocycles. The van der Waals surface area contributed by atoms with Crippen LogP contribution in [-0.2, 0) is 15.1 Å². The molecule has 2 aromatic rings. The summed E-state index contributed by atoms with van der Waals surface area (Å²) in [5, 5.41) is 2.41. The summed E-state index contributed by atoms with van der Waals surface area (Å²) >= 11 is 0. The Morgan fingerprint density at radius 1 is 0.957 bits per heavy atom. The van der Waals surface area contributed by atoms with Crippen molar-refractivity contribution in [3.8, 4) is 11.1 Å². The Labute approximate surface area is 131 Å². The summed E-state index contributed by atoms with van der Waals surface area (Å²) in [5.41, 5.74) is -0.00636. The quantitative estimate of drug-likeness (QED) is 0.938. The van der Waals surface area contributed by atoms with Gasteiger partial charge in [-0.1, -0.05) is 54.6 Å². The second-order valence-electron chi connectivity index (χ2n) is 5.32. The topological polar surface area (TPSA) is 38.3 Å². The van der Waals surface area contributed by atoms with Crippen LogP contribution >= 0.6 is 0 Å². The zero-order valence-electron chi connectivity index (χ0n) is 12.1. The molecule has 1 unspecified atom stereocenters. The van der Waals surface area contributed by atoms with Gasteiger partial charge >= 0.3 is 6.36 Å². The number of nitrogens with one attached hydrogen (secondary N) is 1. The summed E-state index contributed by atoms with van der Waals surface area (Å²) in [4.78, 5) is 12.0. The van der Waals surface area contributed by atoms with Crippen LogP contribution in [0.4, 0.5) is 13.2 Å². The van der Waals surface area contributed by atoms with E-state index in [1.807, 2.05) is 30.3 Å². The first-order chi connectivity index (χ1) is 10.9. The summed E-state index contributed by atoms with van der Waals surface area (Å²) in [7, 11) is 0. The largest absolute Gasteiger partial charge is 0.523 e. The molecule has 1 amide bonds. The molecule has 6 heteroatoms. The third kappa shape index (κ3) is 3.07. The van der Waals surface area contributed by atoms with Gasteiger partial charge < -0.3 is 5.32 Å². The molecule has 1 fully saturated rings. The lowest BCUT2D eigenvalue weighted by molar-refractivity contribution is -0.361. The Morgan fingerprint density at radius 3 is 2.09 bits per heavy atom. The fourth-order valence-corrected chi connectivity index (χ4v) is 2.80. The zero-order valence-corrected chi connectivity index (χ0v) is 12.1. The molecule has 0 spiro atoms. The highest BCUT2D eigenvalue weighted by Crippen LogP contribution is 2.39. The van der Waals surface area contributed by atoms with E-state index in [4.69, 9.17) is 0 Å². The first-order valence-electron chi connectivity index (χ1n) is 7.12. The highest BCUT2D eigenvalue weighted by atomic mass is 19.4. The molecule has 0 bridgehead atoms. The SMILES string of the molecule is O=C1NCCC1(OC(F)(F)F)c1ccc(-c2ccccc2)cc1. The van der Waals surface area contributed by atoms with Crippen molar-refractivity contribution in [2.45, 2.75) is 18.4 Å². The Kier molecular flexibility index (Phi) is 3.85. The Balaban J connectivity index is 1.97. The second kappa shape index (κ2) is 5.70. The van der Waals surface area contributed by atoms with Crippen LogP contribution in [0.3, 0.4) is 0 Å². The van der Waals surface area contributed by atoms with Crippen molar-refractivity contribution in [3.63, 3.8) is 0 Å². The second-order valence-corrected chi connectivity index (χ2v) is 5.32. The van der Waals surface area contributed by atoms with E-state index in [0.29, 0.717) is 0 Å². The average molecular weight is 321 g/mol. The number of benzene rings is 2. The van der Waals surface area contributed by atoms with E-state index in [1.165, 1.54) is 12.1 Å². The Bertz CT molecular complexity index is 698. The number of amides is 1. The highest BCUT2D eigenvalue weighted by molar-refractivity contribution is 5.88. The fourth-order valence-electron chi connectivity index (χ4n) is 2.80. The maximum atomic E-state index is 12.8. The van der Waals surface area contributed by atoms with Crippen LogP contribution in [-0.4, -0.2) is 18.8 Å². The third-order valence-corrected chi connectivity index (χ3v) is 3.88. The van der Waals surface area contributed by atoms with Crippen molar-refractivity contribution in [3.05, 3.63) is 60.2 Å². The summed E-state index contributed by atoms with van der Waals surface area (Å²) < 4.78 is 42.5. The zero-order chi connectivity index (χ0) is 16.5. The molecule has 3 nitrogen and oxygen atoms in total. The van der Waals surface area contributed by atoms with Gasteiger partial charge in [0.25, 0.3) is 5.91 Å². The monoisotopic (exact) mass is 321 g/mol. The normalized spacial score (nSPS) is 21.3. The van der Waals surface area contributed by atoms with Crippen LogP contribution in [0.15, 0.2) is 54.6 Å². The van der Waals surface area contributed by atoms with Gasteiger partial charge in [0.05, 0.1) is 0 Å². The van der Waals surface area contributed by atoms with Gasteiger partial charge in [-0.05, 0) is 16.7 Å². The van der Waals surface area contributed by atoms with Crippen LogP contribution < -0.4 is 5.32 Å². The van der Waals surface area contributed by atoms with Crippen molar-refractivity contribution in [1.82, 2.24) is 5.32 Å². The molecule has 0 aromatic heterocycles. The number of carbonyl (C=O) groups excluding carboxylic acids is 1. The Hall–Kier alpha value is -2.34. The molecular formula is C17H14F3NO2. The van der Waals surface area contributed by atoms with Crippen molar-refractivity contribution >= 4 is 5.91 Å². The molecule has 2 aromatic carbocycles. The van der Waals surface area contributed by atoms with Gasteiger partial charge in [-0.15, -0.1) is 13.2 Å². The third-order valence-electron chi connectivity index (χ3n) is 3.88. The number of halogens is 3. The number of ether oxygens (including phenoxy) is 1. The predicted octanol–water partition coefficient (Wildman–Crippen LogP) is 3.61. The summed E-state index contributed by atoms with van der Waals surface area (Å²) in [6, 6.07) is 15.8. The van der Waals surface area contributed by atoms with Gasteiger partial charge in [0.1, 0.15) is 0 Å². The van der Waals surface area contributed by atoms with E-state index in [-0.39, 0.29) is 18.5 Å². The molecule has 23 heavy (non-hydrogen) atoms. The average Bonchev–Trinajstić information content (AvgIpc) is 2.88. The number of carbonyl (C=O) groups is 1. The minimum absolute atomic E-state index is 0.0595. The molecule has 3 rings (SSSR count). The lowest BCUT2D eigenvalue weighted by Crippen LogP contribution is -2.42. The van der Waals surface area contributed by atoms with Crippen LogP contribution in [0.5, 0.6) is 0 Å². The standard InChI is InChI=1S/C17H14F3NO2/c18-17(19,20)23-16(10-11-21-15(16)22)14-8-6-13(7-9-14)12-4-2-1-3-5-12/h1-9H,10-11H2,(H,21,22). The highest BCUT2D eigenvalue weighted by Gasteiger charge is 2.52. The molecule has 1 N–H and O–H groups in total. The fraction of sp³-hybridized carbons (Fsp3) is 0.235. The number of alkyl halides is 3. The summed E-state index contributed by atoms with van der Waals surface area (Å²) in [5.74, 6) is -0.762. The van der Waals surface area contributed by atoms with Gasteiger partial charge in [-0.3, -0.25) is 9.53 Å². The molecule has 0 saturated carbocycles. The lowest BCUT2D eigenvalue weighted by atomic mass is 9.90. The van der Waals surface area contributed by atoms with Crippen LogP contribution in [0.1, 0.15) is 12.0 Å². The maximum absolute atomic E-state index is 12.8. The number of rotatable bonds is 3. The van der Waals surface area contributed by atoms with E-state index >= 15 is 0 Å². The molecule has 1 atom stereocenters. The van der Waals surface area contributed by atoms with Gasteiger partial charge in [0.2, 0.25) is 0 Å². The van der Waals surface area contributed by atoms with Gasteiger partial charge in [-0.25, -0.2) is 0 Å². The first-order valence-corrected chi connectivity index (χ1v) is 7.12. The Morgan fingerprint density at radius 2 is 1.57 bits per heavy atom. The van der Waals surface area contributed by atoms with Gasteiger partial charge in [-0.2, -0.15) is 0 Å². The van der Waals surface area contributed by atoms with Crippen molar-refractivity contribution < 1.29 is 22.7 Å². The first kappa shape index (κ1) is 15.6. The molecular weight excluding hydrogens is 307 g/mol. The molecule has 120 valence electrons. The minimum atomic E-state index is -4.89. The van der Waals surface area contributed by atoms with Gasteiger partial charge in [0.15, 0.2) is 5.60 Å². The molecule has 1 aliphatic heterocycles. The molecule has 1 saturated heterocycles. The van der Waals surface area contributed by atoms with E-state index in [0.717, 1.165) is 11.1 Å². The van der Waals surface area contributed by atoms with Crippen LogP contribution in [0, 0.1) is 0 Å². The minimum Gasteiger partial charge on any atom is -0.353 e. The van der Waals surface area contributed by atoms with Crippen molar-refractivity contribution in [2.75, 3.05) is 6.54 Å². The predicted molar refractivity (Wildman–Crippen MR) is 78.3 cm³/mol. The van der Waals surface area contributed by atoms with Crippen LogP contribution in [0.2, 0.25) is 0 Å². The summed E-state index contributed by atoms with van der Waals surface area (Å²) in [6.45, 7) is 0.148. The van der Waals surface area contributed by atoms with Crippen LogP contribution in [0.25, 0.3) is 11.1 Å². The van der Waals surface area contributed by atoms with E-state index in [1.54, 1.807) is 12.1 Å². The maximum Gasteiger partial charge on any atom is 0.523 e. The molecule has 0 radical (unpaired) electrons. The lowest BCUT2D eigenvalue weighted by Gasteiger charge is -2.28. The molecule has 1 heterocycles. The smallest absolute Gasteiger partial charge is 0.353 e. The van der Waals surface area contributed by atoms with E-state index < -0.39 is 17.9 Å². The number of hydrogen-bond acceptors (Lipinski definition) is 2. The van der Waals surface area contributed by atoms with Crippen molar-refractivity contribution in [1.29, 1.82) is 0 Å². The van der Waals surface area contributed by atoms with E-state index in [2.05, 4.69) is 10.1 Å². The van der Waals surface area contributed by atoms with E-state index in [9.17, 15) is 18.0 Å². The summed E-state index contributed by atoms with van der Waals surface area (Å²) in [6.07, 6.45) is -4.95.